The molecule has 4 heterocycles. The van der Waals surface area contributed by atoms with E-state index in [0.717, 1.165) is 33.0 Å². The van der Waals surface area contributed by atoms with E-state index in [0.29, 0.717) is 11.1 Å². The van der Waals surface area contributed by atoms with Crippen molar-refractivity contribution >= 4 is 78.1 Å². The number of benzene rings is 2. The number of β-lactam (4-membered cyclic amide) rings is 1. The SMILES string of the molecule is CC(C)(C)OC(=O)Nc1nc(/C(=N/OC(CO[Si](C)(C)C(C)(C)C)C(=O)OC(c2ccccc2)c2ccccc2)C(=O)N[C@@H]2C(=O)N3C[C@@](C(=O)O)(N4CCN(N)C4=O)S[C@H]23)cs1. The van der Waals surface area contributed by atoms with E-state index in [1.807, 2.05) is 94.5 Å². The van der Waals surface area contributed by atoms with Crippen molar-refractivity contribution in [1.82, 2.24) is 25.1 Å². The number of aromatic nitrogens is 1. The fourth-order valence-corrected chi connectivity index (χ4v) is 9.79. The van der Waals surface area contributed by atoms with Gasteiger partial charge in [-0.1, -0.05) is 98.4 Å². The first-order valence-electron chi connectivity index (χ1n) is 20.0. The summed E-state index contributed by atoms with van der Waals surface area (Å²) in [7, 11) is -2.53. The number of hydrogen-bond acceptors (Lipinski definition) is 15. The highest BCUT2D eigenvalue weighted by Gasteiger charge is 2.66. The Labute approximate surface area is 373 Å². The average molecular weight is 925 g/mol. The molecule has 3 saturated heterocycles. The van der Waals surface area contributed by atoms with Crippen LogP contribution in [0.1, 0.15) is 64.5 Å². The highest BCUT2D eigenvalue weighted by Crippen LogP contribution is 2.49. The number of thiazole rings is 1. The van der Waals surface area contributed by atoms with Gasteiger partial charge >= 0.3 is 24.1 Å². The highest BCUT2D eigenvalue weighted by molar-refractivity contribution is 8.02. The summed E-state index contributed by atoms with van der Waals surface area (Å²) >= 11 is 1.76. The number of carboxylic acids is 1. The van der Waals surface area contributed by atoms with Crippen molar-refractivity contribution in [2.45, 2.75) is 93.8 Å². The summed E-state index contributed by atoms with van der Waals surface area (Å²) in [6.07, 6.45) is -3.20. The van der Waals surface area contributed by atoms with Crippen molar-refractivity contribution in [2.24, 2.45) is 11.0 Å². The molecule has 3 aliphatic heterocycles. The van der Waals surface area contributed by atoms with Crippen LogP contribution in [-0.4, -0.2) is 129 Å². The number of aliphatic carboxylic acids is 1. The van der Waals surface area contributed by atoms with E-state index in [1.165, 1.54) is 10.3 Å². The lowest BCUT2D eigenvalue weighted by Crippen LogP contribution is -2.68. The van der Waals surface area contributed by atoms with Crippen LogP contribution in [0.4, 0.5) is 14.7 Å². The number of anilines is 1. The predicted molar refractivity (Wildman–Crippen MR) is 236 cm³/mol. The van der Waals surface area contributed by atoms with Crippen molar-refractivity contribution in [3.8, 4) is 0 Å². The zero-order chi connectivity index (χ0) is 46.1. The second-order valence-corrected chi connectivity index (χ2v) is 24.6. The number of ether oxygens (including phenoxy) is 2. The molecule has 1 unspecified atom stereocenters. The molecule has 5 amide bonds. The molecule has 3 aromatic rings. The van der Waals surface area contributed by atoms with Gasteiger partial charge in [0.25, 0.3) is 5.91 Å². The minimum absolute atomic E-state index is 0.0121. The van der Waals surface area contributed by atoms with Crippen LogP contribution in [0.2, 0.25) is 18.1 Å². The molecule has 2 aromatic carbocycles. The number of carboxylic acid groups (broad SMARTS) is 1. The van der Waals surface area contributed by atoms with Gasteiger partial charge in [0.05, 0.1) is 19.7 Å². The number of fused-ring (bicyclic) bond motifs is 1. The van der Waals surface area contributed by atoms with Crippen LogP contribution < -0.4 is 16.5 Å². The first-order valence-corrected chi connectivity index (χ1v) is 24.7. The van der Waals surface area contributed by atoms with Crippen molar-refractivity contribution in [3.63, 3.8) is 0 Å². The number of hydrazine groups is 1. The quantitative estimate of drug-likeness (QED) is 0.0307. The smallest absolute Gasteiger partial charge is 0.413 e. The molecular formula is C41H52N8O11S2Si. The van der Waals surface area contributed by atoms with Crippen LogP contribution in [-0.2, 0) is 37.9 Å². The maximum Gasteiger partial charge on any atom is 0.413 e. The lowest BCUT2D eigenvalue weighted by molar-refractivity contribution is -0.163. The number of carbonyl (C=O) groups is 6. The number of hydrogen-bond donors (Lipinski definition) is 4. The van der Waals surface area contributed by atoms with Gasteiger partial charge < -0.3 is 34.1 Å². The number of nitrogens with one attached hydrogen (secondary N) is 2. The number of nitrogens with two attached hydrogens (primary N) is 1. The van der Waals surface area contributed by atoms with Gasteiger partial charge in [0, 0.05) is 11.9 Å². The lowest BCUT2D eigenvalue weighted by Gasteiger charge is -2.41. The molecule has 0 radical (unpaired) electrons. The van der Waals surface area contributed by atoms with Crippen molar-refractivity contribution in [3.05, 3.63) is 82.9 Å². The predicted octanol–water partition coefficient (Wildman–Crippen LogP) is 4.73. The highest BCUT2D eigenvalue weighted by atomic mass is 32.2. The molecule has 0 aliphatic carbocycles. The summed E-state index contributed by atoms with van der Waals surface area (Å²) in [4.78, 5) is 91.2. The standard InChI is InChI=1S/C41H52N8O11S2Si/c1-39(2,3)59-37(55)45-36-43-26(22-61-36)28(31(50)44-29-32(51)47-23-41(35(53)54,62-33(29)47)48-19-20-49(42)38(48)56)46-60-27(21-57-63(7,8)40(4,5)6)34(52)58-30(24-15-11-9-12-16-24)25-17-13-10-14-18-25/h9-18,22,27,29-30,33H,19-21,23,42H2,1-8H3,(H,44,50)(H,53,54)(H,43,45,55)/b46-28-/t27?,29-,33-,41-/m1/s1. The maximum atomic E-state index is 14.3. The third-order valence-electron chi connectivity index (χ3n) is 10.9. The molecule has 6 rings (SSSR count). The van der Waals surface area contributed by atoms with Crippen LogP contribution in [0.3, 0.4) is 0 Å². The van der Waals surface area contributed by atoms with E-state index in [9.17, 15) is 33.9 Å². The van der Waals surface area contributed by atoms with E-state index in [1.54, 1.807) is 20.8 Å². The largest absolute Gasteiger partial charge is 0.479 e. The van der Waals surface area contributed by atoms with Crippen LogP contribution in [0.5, 0.6) is 0 Å². The van der Waals surface area contributed by atoms with Gasteiger partial charge in [0.2, 0.25) is 16.9 Å². The zero-order valence-electron chi connectivity index (χ0n) is 36.1. The Morgan fingerprint density at radius 2 is 1.62 bits per heavy atom. The number of nitrogens with zero attached hydrogens (tertiary/aromatic N) is 5. The van der Waals surface area contributed by atoms with Gasteiger partial charge in [-0.3, -0.25) is 24.8 Å². The molecule has 4 atom stereocenters. The average Bonchev–Trinajstić information content (AvgIpc) is 3.92. The summed E-state index contributed by atoms with van der Waals surface area (Å²) in [6, 6.07) is 16.3. The zero-order valence-corrected chi connectivity index (χ0v) is 38.8. The molecule has 1 aromatic heterocycles. The number of amides is 5. The van der Waals surface area contributed by atoms with Gasteiger partial charge in [0.15, 0.2) is 25.3 Å². The summed E-state index contributed by atoms with van der Waals surface area (Å²) in [5.41, 5.74) is -0.0687. The van der Waals surface area contributed by atoms with Gasteiger partial charge in [-0.15, -0.1) is 11.3 Å². The topological polar surface area (TPSA) is 245 Å². The van der Waals surface area contributed by atoms with Crippen molar-refractivity contribution in [2.75, 3.05) is 31.6 Å². The molecular weight excluding hydrogens is 873 g/mol. The third-order valence-corrected chi connectivity index (χ3v) is 17.8. The second-order valence-electron chi connectivity index (χ2n) is 17.6. The normalized spacial score (nSPS) is 20.9. The molecule has 5 N–H and O–H groups in total. The molecule has 0 bridgehead atoms. The van der Waals surface area contributed by atoms with Crippen LogP contribution in [0, 0.1) is 0 Å². The van der Waals surface area contributed by atoms with E-state index in [2.05, 4.69) is 20.8 Å². The first kappa shape index (κ1) is 46.9. The number of thioether (sulfide) groups is 1. The summed E-state index contributed by atoms with van der Waals surface area (Å²) in [6.45, 7) is 14.6. The molecule has 0 saturated carbocycles. The monoisotopic (exact) mass is 924 g/mol. The van der Waals surface area contributed by atoms with Gasteiger partial charge in [-0.05, 0) is 50.0 Å². The maximum absolute atomic E-state index is 14.3. The second kappa shape index (κ2) is 18.3. The van der Waals surface area contributed by atoms with Crippen LogP contribution >= 0.6 is 23.1 Å². The molecule has 63 heavy (non-hydrogen) atoms. The number of urea groups is 1. The van der Waals surface area contributed by atoms with E-state index in [4.69, 9.17) is 24.6 Å². The van der Waals surface area contributed by atoms with E-state index >= 15 is 0 Å². The first-order chi connectivity index (χ1) is 29.5. The number of esters is 1. The van der Waals surface area contributed by atoms with Gasteiger partial charge in [0.1, 0.15) is 22.7 Å². The summed E-state index contributed by atoms with van der Waals surface area (Å²) in [5.74, 6) is 1.95. The molecule has 3 aliphatic rings. The Morgan fingerprint density at radius 1 is 1.00 bits per heavy atom. The molecule has 3 fully saturated rings. The molecule has 0 spiro atoms. The van der Waals surface area contributed by atoms with Crippen molar-refractivity contribution < 1.29 is 52.6 Å². The van der Waals surface area contributed by atoms with E-state index < -0.39 is 84.0 Å². The Balaban J connectivity index is 1.32. The Hall–Kier alpha value is -5.55. The number of rotatable bonds is 15. The Morgan fingerprint density at radius 3 is 2.16 bits per heavy atom. The minimum atomic E-state index is -2.53. The fourth-order valence-electron chi connectivity index (χ4n) is 6.48. The van der Waals surface area contributed by atoms with Crippen LogP contribution in [0.25, 0.3) is 0 Å². The van der Waals surface area contributed by atoms with Gasteiger partial charge in [-0.25, -0.2) is 30.0 Å². The summed E-state index contributed by atoms with van der Waals surface area (Å²) < 4.78 is 17.9. The molecule has 22 heteroatoms. The van der Waals surface area contributed by atoms with E-state index in [-0.39, 0.29) is 42.1 Å². The fraction of sp³-hybridized carbons (Fsp3) is 0.463. The third kappa shape index (κ3) is 10.3. The van der Waals surface area contributed by atoms with Gasteiger partial charge in [-0.2, -0.15) is 0 Å². The van der Waals surface area contributed by atoms with Crippen molar-refractivity contribution in [1.29, 1.82) is 0 Å². The summed E-state index contributed by atoms with van der Waals surface area (Å²) in [5, 5.41) is 20.9. The Kier molecular flexibility index (Phi) is 13.6. The minimum Gasteiger partial charge on any atom is -0.479 e. The number of carbonyl (C=O) groups excluding carboxylic acids is 5. The molecule has 19 nitrogen and oxygen atoms in total. The van der Waals surface area contributed by atoms with Crippen LogP contribution in [0.15, 0.2) is 71.2 Å². The Bertz CT molecular complexity index is 2210. The number of oxime groups is 1. The lowest BCUT2D eigenvalue weighted by atomic mass is 10.0. The molecule has 338 valence electrons.